The first-order chi connectivity index (χ1) is 19.5. The van der Waals surface area contributed by atoms with Crippen molar-refractivity contribution in [1.29, 1.82) is 0 Å². The molecule has 0 radical (unpaired) electrons. The number of nitrogens with zero attached hydrogens (tertiary/aromatic N) is 1. The molecule has 15 heteroatoms. The third-order valence-corrected chi connectivity index (χ3v) is 7.88. The number of ether oxygens (including phenoxy) is 2. The van der Waals surface area contributed by atoms with Gasteiger partial charge in [0.05, 0.1) is 30.7 Å². The monoisotopic (exact) mass is 652 g/mol. The average Bonchev–Trinajstić information content (AvgIpc) is 2.79. The third kappa shape index (κ3) is 11.5. The van der Waals surface area contributed by atoms with Crippen LogP contribution >= 0.6 is 0 Å². The highest BCUT2D eigenvalue weighted by Crippen LogP contribution is 2.28. The molecule has 1 unspecified atom stereocenters. The molecule has 1 amide bonds. The van der Waals surface area contributed by atoms with Crippen LogP contribution in [0.2, 0.25) is 0 Å². The summed E-state index contributed by atoms with van der Waals surface area (Å²) in [6.07, 6.45) is 0.961. The number of nitrogens with one attached hydrogen (secondary N) is 1. The number of carbonyl (C=O) groups excluding carboxylic acids is 1. The number of benzene rings is 2. The lowest BCUT2D eigenvalue weighted by atomic mass is 9.93. The van der Waals surface area contributed by atoms with Gasteiger partial charge in [-0.25, -0.2) is 13.2 Å². The molecule has 0 heterocycles. The Bertz CT molecular complexity index is 1490. The molecule has 10 nitrogen and oxygen atoms in total. The number of rotatable bonds is 13. The number of amides is 1. The molecule has 0 aliphatic carbocycles. The SMILES string of the molecule is CCCN(c1cc(C)cc(COCC(C)(Cc2cccc(OS(=O)(=O)C(F)(F)F)c2)NC(=O)OC(C)(C)C)c1)S(C)(=O)=O. The van der Waals surface area contributed by atoms with Gasteiger partial charge in [0, 0.05) is 6.54 Å². The van der Waals surface area contributed by atoms with Crippen LogP contribution in [-0.2, 0) is 42.6 Å². The molecule has 0 bridgehead atoms. The normalized spacial score (nSPS) is 14.1. The molecule has 1 atom stereocenters. The van der Waals surface area contributed by atoms with Crippen LogP contribution < -0.4 is 13.8 Å². The Hall–Kier alpha value is -3.04. The fourth-order valence-electron chi connectivity index (χ4n) is 4.16. The second kappa shape index (κ2) is 13.7. The molecule has 0 saturated carbocycles. The Balaban J connectivity index is 2.32. The predicted octanol–water partition coefficient (Wildman–Crippen LogP) is 5.44. The largest absolute Gasteiger partial charge is 0.534 e. The van der Waals surface area contributed by atoms with Gasteiger partial charge in [0.2, 0.25) is 10.0 Å². The fraction of sp³-hybridized carbons (Fsp3) is 0.536. The van der Waals surface area contributed by atoms with Gasteiger partial charge in [-0.05, 0) is 88.4 Å². The number of alkyl halides is 3. The second-order valence-electron chi connectivity index (χ2n) is 11.5. The van der Waals surface area contributed by atoms with Crippen LogP contribution in [0.5, 0.6) is 5.75 Å². The highest BCUT2D eigenvalue weighted by Gasteiger charge is 2.48. The van der Waals surface area contributed by atoms with Crippen molar-refractivity contribution in [3.05, 3.63) is 59.2 Å². The molecular formula is C28H39F3N2O8S2. The van der Waals surface area contributed by atoms with Crippen molar-refractivity contribution in [2.24, 2.45) is 0 Å². The summed E-state index contributed by atoms with van der Waals surface area (Å²) < 4.78 is 103. The highest BCUT2D eigenvalue weighted by molar-refractivity contribution is 7.92. The Kier molecular flexibility index (Phi) is 11.5. The summed E-state index contributed by atoms with van der Waals surface area (Å²) in [7, 11) is -9.40. The van der Waals surface area contributed by atoms with Crippen molar-refractivity contribution in [3.8, 4) is 5.75 Å². The van der Waals surface area contributed by atoms with E-state index in [2.05, 4.69) is 9.50 Å². The minimum absolute atomic E-state index is 0.00701. The third-order valence-electron chi connectivity index (χ3n) is 5.71. The van der Waals surface area contributed by atoms with Crippen LogP contribution in [-0.4, -0.2) is 59.0 Å². The summed E-state index contributed by atoms with van der Waals surface area (Å²) in [4.78, 5) is 12.7. The number of aryl methyl sites for hydroxylation is 1. The maximum atomic E-state index is 12.8. The molecule has 2 rings (SSSR count). The van der Waals surface area contributed by atoms with Crippen LogP contribution in [0, 0.1) is 6.92 Å². The molecule has 1 N–H and O–H groups in total. The lowest BCUT2D eigenvalue weighted by molar-refractivity contribution is -0.0500. The quantitative estimate of drug-likeness (QED) is 0.224. The maximum absolute atomic E-state index is 12.8. The summed E-state index contributed by atoms with van der Waals surface area (Å²) >= 11 is 0. The lowest BCUT2D eigenvalue weighted by Crippen LogP contribution is -2.52. The zero-order chi connectivity index (χ0) is 32.9. The van der Waals surface area contributed by atoms with E-state index in [0.29, 0.717) is 29.8 Å². The number of hydrogen-bond acceptors (Lipinski definition) is 8. The molecule has 0 aliphatic heterocycles. The van der Waals surface area contributed by atoms with Gasteiger partial charge in [0.25, 0.3) is 0 Å². The predicted molar refractivity (Wildman–Crippen MR) is 157 cm³/mol. The maximum Gasteiger partial charge on any atom is 0.534 e. The van der Waals surface area contributed by atoms with Gasteiger partial charge in [-0.2, -0.15) is 21.6 Å². The lowest BCUT2D eigenvalue weighted by Gasteiger charge is -2.32. The minimum atomic E-state index is -5.88. The molecule has 0 fully saturated rings. The first-order valence-corrected chi connectivity index (χ1v) is 16.6. The molecule has 43 heavy (non-hydrogen) atoms. The number of sulfonamides is 1. The standard InChI is InChI=1S/C28H39F3N2O8S2/c1-8-12-33(42(7,35)36)23-14-20(2)13-22(15-23)18-39-19-27(6,32-25(34)40-26(3,4)5)17-21-10-9-11-24(16-21)41-43(37,38)28(29,30)31/h9-11,13-16H,8,12,17-19H2,1-7H3,(H,32,34). The van der Waals surface area contributed by atoms with E-state index in [9.17, 15) is 34.8 Å². The van der Waals surface area contributed by atoms with E-state index in [1.165, 1.54) is 16.4 Å². The number of anilines is 1. The van der Waals surface area contributed by atoms with E-state index in [-0.39, 0.29) is 19.6 Å². The molecule has 242 valence electrons. The van der Waals surface area contributed by atoms with Crippen LogP contribution in [0.15, 0.2) is 42.5 Å². The zero-order valence-corrected chi connectivity index (χ0v) is 26.9. The Morgan fingerprint density at radius 3 is 2.19 bits per heavy atom. The summed E-state index contributed by atoms with van der Waals surface area (Å²) in [5.41, 5.74) is -5.30. The van der Waals surface area contributed by atoms with Gasteiger partial charge in [0.15, 0.2) is 0 Å². The Labute approximate surface area is 251 Å². The van der Waals surface area contributed by atoms with Crippen LogP contribution in [0.1, 0.15) is 57.7 Å². The van der Waals surface area contributed by atoms with Crippen LogP contribution in [0.4, 0.5) is 23.7 Å². The topological polar surface area (TPSA) is 128 Å². The smallest absolute Gasteiger partial charge is 0.444 e. The number of hydrogen-bond donors (Lipinski definition) is 1. The Morgan fingerprint density at radius 2 is 1.63 bits per heavy atom. The molecule has 0 saturated heterocycles. The van der Waals surface area contributed by atoms with Gasteiger partial charge in [-0.15, -0.1) is 0 Å². The molecule has 2 aromatic carbocycles. The highest BCUT2D eigenvalue weighted by atomic mass is 32.2. The number of alkyl carbamates (subject to hydrolysis) is 1. The number of halogens is 3. The van der Waals surface area contributed by atoms with Gasteiger partial charge in [0.1, 0.15) is 11.4 Å². The first kappa shape index (κ1) is 36.2. The van der Waals surface area contributed by atoms with E-state index in [1.54, 1.807) is 39.8 Å². The van der Waals surface area contributed by atoms with Crippen molar-refractivity contribution in [2.75, 3.05) is 23.7 Å². The van der Waals surface area contributed by atoms with Crippen molar-refractivity contribution in [3.63, 3.8) is 0 Å². The van der Waals surface area contributed by atoms with Crippen molar-refractivity contribution < 1.29 is 48.5 Å². The van der Waals surface area contributed by atoms with Gasteiger partial charge < -0.3 is 19.0 Å². The van der Waals surface area contributed by atoms with E-state index >= 15 is 0 Å². The summed E-state index contributed by atoms with van der Waals surface area (Å²) in [6.45, 7) is 10.6. The Morgan fingerprint density at radius 1 is 0.977 bits per heavy atom. The number of carbonyl (C=O) groups is 1. The molecule has 2 aromatic rings. The fourth-order valence-corrected chi connectivity index (χ4v) is 5.62. The minimum Gasteiger partial charge on any atom is -0.444 e. The average molecular weight is 653 g/mol. The van der Waals surface area contributed by atoms with E-state index < -0.39 is 48.6 Å². The van der Waals surface area contributed by atoms with Gasteiger partial charge in [-0.3, -0.25) is 4.31 Å². The first-order valence-electron chi connectivity index (χ1n) is 13.3. The molecular weight excluding hydrogens is 613 g/mol. The van der Waals surface area contributed by atoms with Crippen LogP contribution in [0.25, 0.3) is 0 Å². The molecule has 0 aliphatic rings. The summed E-state index contributed by atoms with van der Waals surface area (Å²) in [5.74, 6) is -0.551. The van der Waals surface area contributed by atoms with E-state index in [0.717, 1.165) is 24.0 Å². The molecule has 0 aromatic heterocycles. The van der Waals surface area contributed by atoms with Gasteiger partial charge in [-0.1, -0.05) is 25.1 Å². The molecule has 0 spiro atoms. The van der Waals surface area contributed by atoms with Crippen molar-refractivity contribution in [1.82, 2.24) is 5.32 Å². The van der Waals surface area contributed by atoms with Gasteiger partial charge >= 0.3 is 21.7 Å². The van der Waals surface area contributed by atoms with Crippen molar-refractivity contribution in [2.45, 2.75) is 77.6 Å². The van der Waals surface area contributed by atoms with E-state index in [1.807, 2.05) is 19.9 Å². The van der Waals surface area contributed by atoms with Crippen LogP contribution in [0.3, 0.4) is 0 Å². The summed E-state index contributed by atoms with van der Waals surface area (Å²) in [5, 5.41) is 2.74. The zero-order valence-electron chi connectivity index (χ0n) is 25.2. The second-order valence-corrected chi connectivity index (χ2v) is 14.9. The van der Waals surface area contributed by atoms with E-state index in [4.69, 9.17) is 9.47 Å². The van der Waals surface area contributed by atoms with Crippen molar-refractivity contribution >= 4 is 31.9 Å². The summed E-state index contributed by atoms with van der Waals surface area (Å²) in [6, 6.07) is 10.3.